The average molecular weight is 346 g/mol. The van der Waals surface area contributed by atoms with E-state index in [4.69, 9.17) is 4.74 Å². The lowest BCUT2D eigenvalue weighted by Crippen LogP contribution is -2.24. The van der Waals surface area contributed by atoms with Crippen molar-refractivity contribution in [2.24, 2.45) is 5.10 Å². The van der Waals surface area contributed by atoms with Gasteiger partial charge < -0.3 is 4.74 Å². The van der Waals surface area contributed by atoms with Crippen LogP contribution in [0.1, 0.15) is 24.5 Å². The van der Waals surface area contributed by atoms with Crippen molar-refractivity contribution in [2.75, 3.05) is 6.61 Å². The molecule has 3 rings (SSSR count). The lowest BCUT2D eigenvalue weighted by atomic mass is 10.1. The third kappa shape index (κ3) is 4.93. The minimum atomic E-state index is -0.292. The molecule has 4 nitrogen and oxygen atoms in total. The van der Waals surface area contributed by atoms with Crippen molar-refractivity contribution in [3.63, 3.8) is 0 Å². The summed E-state index contributed by atoms with van der Waals surface area (Å²) in [6, 6.07) is 22.0. The summed E-state index contributed by atoms with van der Waals surface area (Å²) in [5.74, 6) is 0.387. The first-order chi connectivity index (χ1) is 12.7. The summed E-state index contributed by atoms with van der Waals surface area (Å²) in [5.41, 5.74) is 4.68. The summed E-state index contributed by atoms with van der Waals surface area (Å²) in [6.45, 7) is 2.08. The van der Waals surface area contributed by atoms with Gasteiger partial charge in [-0.25, -0.2) is 5.43 Å². The van der Waals surface area contributed by atoms with E-state index in [0.29, 0.717) is 5.75 Å². The first-order valence-electron chi connectivity index (χ1n) is 8.77. The van der Waals surface area contributed by atoms with E-state index >= 15 is 0 Å². The maximum absolute atomic E-state index is 11.8. The first kappa shape index (κ1) is 17.7. The molecule has 1 amide bonds. The topological polar surface area (TPSA) is 50.7 Å². The van der Waals surface area contributed by atoms with E-state index in [9.17, 15) is 4.79 Å². The summed E-state index contributed by atoms with van der Waals surface area (Å²) >= 11 is 0. The highest BCUT2D eigenvalue weighted by Gasteiger charge is 2.02. The number of rotatable bonds is 7. The summed E-state index contributed by atoms with van der Waals surface area (Å²) in [4.78, 5) is 11.8. The Morgan fingerprint density at radius 2 is 1.81 bits per heavy atom. The van der Waals surface area contributed by atoms with Crippen LogP contribution in [-0.4, -0.2) is 18.7 Å². The number of carbonyl (C=O) groups is 1. The van der Waals surface area contributed by atoms with Gasteiger partial charge in [0.05, 0.1) is 6.21 Å². The van der Waals surface area contributed by atoms with Gasteiger partial charge in [-0.1, -0.05) is 61.9 Å². The number of fused-ring (bicyclic) bond motifs is 1. The number of carbonyl (C=O) groups excluding carboxylic acids is 1. The lowest BCUT2D eigenvalue weighted by molar-refractivity contribution is -0.123. The zero-order valence-electron chi connectivity index (χ0n) is 14.8. The third-order valence-corrected chi connectivity index (χ3v) is 4.01. The SMILES string of the molecule is CCCc1ccc(OCC(=O)NN=Cc2ccc3ccccc3c2)cc1. The van der Waals surface area contributed by atoms with Crippen molar-refractivity contribution in [2.45, 2.75) is 19.8 Å². The Morgan fingerprint density at radius 3 is 2.58 bits per heavy atom. The zero-order valence-corrected chi connectivity index (χ0v) is 14.8. The number of nitrogens with one attached hydrogen (secondary N) is 1. The number of aryl methyl sites for hydroxylation is 1. The molecule has 0 spiro atoms. The first-order valence-corrected chi connectivity index (χ1v) is 8.77. The van der Waals surface area contributed by atoms with Crippen molar-refractivity contribution in [3.05, 3.63) is 77.9 Å². The van der Waals surface area contributed by atoms with Crippen molar-refractivity contribution < 1.29 is 9.53 Å². The Kier molecular flexibility index (Phi) is 5.99. The maximum atomic E-state index is 11.8. The molecule has 0 unspecified atom stereocenters. The fourth-order valence-corrected chi connectivity index (χ4v) is 2.69. The lowest BCUT2D eigenvalue weighted by Gasteiger charge is -2.06. The number of benzene rings is 3. The van der Waals surface area contributed by atoms with E-state index in [2.05, 4.69) is 23.5 Å². The second-order valence-electron chi connectivity index (χ2n) is 6.08. The fraction of sp³-hybridized carbons (Fsp3) is 0.182. The summed E-state index contributed by atoms with van der Waals surface area (Å²) in [7, 11) is 0. The Balaban J connectivity index is 1.49. The average Bonchev–Trinajstić information content (AvgIpc) is 2.67. The Hall–Kier alpha value is -3.14. The molecule has 0 radical (unpaired) electrons. The second kappa shape index (κ2) is 8.81. The minimum absolute atomic E-state index is 0.0673. The highest BCUT2D eigenvalue weighted by atomic mass is 16.5. The van der Waals surface area contributed by atoms with Crippen molar-refractivity contribution in [1.29, 1.82) is 0 Å². The highest BCUT2D eigenvalue weighted by molar-refractivity contribution is 5.90. The van der Waals surface area contributed by atoms with Gasteiger partial charge in [0, 0.05) is 0 Å². The molecular formula is C22H22N2O2. The molecule has 0 saturated carbocycles. The van der Waals surface area contributed by atoms with Crippen LogP contribution in [0, 0.1) is 0 Å². The molecule has 0 fully saturated rings. The van der Waals surface area contributed by atoms with E-state index in [-0.39, 0.29) is 12.5 Å². The monoisotopic (exact) mass is 346 g/mol. The number of hydrogen-bond acceptors (Lipinski definition) is 3. The minimum Gasteiger partial charge on any atom is -0.484 e. The van der Waals surface area contributed by atoms with Crippen LogP contribution in [0.3, 0.4) is 0 Å². The molecule has 0 aromatic heterocycles. The quantitative estimate of drug-likeness (QED) is 0.512. The van der Waals surface area contributed by atoms with Crippen LogP contribution >= 0.6 is 0 Å². The molecule has 4 heteroatoms. The van der Waals surface area contributed by atoms with E-state index in [0.717, 1.165) is 23.8 Å². The van der Waals surface area contributed by atoms with Crippen LogP contribution in [0.15, 0.2) is 71.8 Å². The van der Waals surface area contributed by atoms with Gasteiger partial charge in [-0.15, -0.1) is 0 Å². The fourth-order valence-electron chi connectivity index (χ4n) is 2.69. The van der Waals surface area contributed by atoms with Crippen LogP contribution in [0.2, 0.25) is 0 Å². The molecule has 0 saturated heterocycles. The molecule has 0 aliphatic carbocycles. The predicted molar refractivity (Wildman–Crippen MR) is 106 cm³/mol. The highest BCUT2D eigenvalue weighted by Crippen LogP contribution is 2.15. The van der Waals surface area contributed by atoms with Crippen molar-refractivity contribution in [3.8, 4) is 5.75 Å². The molecule has 0 aliphatic rings. The molecule has 0 atom stereocenters. The van der Waals surface area contributed by atoms with Crippen molar-refractivity contribution >= 4 is 22.9 Å². The van der Waals surface area contributed by atoms with Crippen LogP contribution < -0.4 is 10.2 Å². The maximum Gasteiger partial charge on any atom is 0.277 e. The standard InChI is InChI=1S/C22H22N2O2/c1-2-5-17-9-12-21(13-10-17)26-16-22(25)24-23-15-18-8-11-19-6-3-4-7-20(19)14-18/h3-4,6-15H,2,5,16H2,1H3,(H,24,25). The van der Waals surface area contributed by atoms with Gasteiger partial charge in [0.15, 0.2) is 6.61 Å². The van der Waals surface area contributed by atoms with Gasteiger partial charge in [-0.2, -0.15) is 5.10 Å². The van der Waals surface area contributed by atoms with Crippen LogP contribution in [-0.2, 0) is 11.2 Å². The molecule has 0 heterocycles. The molecule has 1 N–H and O–H groups in total. The number of hydrazone groups is 1. The molecule has 0 aliphatic heterocycles. The predicted octanol–water partition coefficient (Wildman–Crippen LogP) is 4.32. The van der Waals surface area contributed by atoms with Gasteiger partial charge in [-0.05, 0) is 46.5 Å². The summed E-state index contributed by atoms with van der Waals surface area (Å²) < 4.78 is 5.48. The number of hydrogen-bond donors (Lipinski definition) is 1. The Labute approximate surface area is 153 Å². The third-order valence-electron chi connectivity index (χ3n) is 4.01. The largest absolute Gasteiger partial charge is 0.484 e. The Morgan fingerprint density at radius 1 is 1.04 bits per heavy atom. The van der Waals surface area contributed by atoms with E-state index in [1.54, 1.807) is 6.21 Å². The van der Waals surface area contributed by atoms with Gasteiger partial charge in [0.25, 0.3) is 5.91 Å². The molecule has 132 valence electrons. The van der Waals surface area contributed by atoms with Crippen LogP contribution in [0.4, 0.5) is 0 Å². The second-order valence-corrected chi connectivity index (χ2v) is 6.08. The normalized spacial score (nSPS) is 11.0. The van der Waals surface area contributed by atoms with Crippen LogP contribution in [0.5, 0.6) is 5.75 Å². The van der Waals surface area contributed by atoms with E-state index < -0.39 is 0 Å². The zero-order chi connectivity index (χ0) is 18.2. The van der Waals surface area contributed by atoms with Gasteiger partial charge in [0.1, 0.15) is 5.75 Å². The number of ether oxygens (including phenoxy) is 1. The molecule has 26 heavy (non-hydrogen) atoms. The van der Waals surface area contributed by atoms with Crippen LogP contribution in [0.25, 0.3) is 10.8 Å². The smallest absolute Gasteiger partial charge is 0.277 e. The summed E-state index contributed by atoms with van der Waals surface area (Å²) in [6.07, 6.45) is 3.78. The molecular weight excluding hydrogens is 324 g/mol. The van der Waals surface area contributed by atoms with Gasteiger partial charge >= 0.3 is 0 Å². The van der Waals surface area contributed by atoms with Gasteiger partial charge in [-0.3, -0.25) is 4.79 Å². The van der Waals surface area contributed by atoms with Crippen molar-refractivity contribution in [1.82, 2.24) is 5.43 Å². The number of nitrogens with zero attached hydrogens (tertiary/aromatic N) is 1. The molecule has 0 bridgehead atoms. The molecule has 3 aromatic rings. The van der Waals surface area contributed by atoms with E-state index in [1.807, 2.05) is 60.7 Å². The summed E-state index contributed by atoms with van der Waals surface area (Å²) in [5, 5.41) is 6.30. The number of amides is 1. The Bertz CT molecular complexity index is 901. The van der Waals surface area contributed by atoms with Gasteiger partial charge in [0.2, 0.25) is 0 Å². The molecule has 3 aromatic carbocycles. The van der Waals surface area contributed by atoms with E-state index in [1.165, 1.54) is 10.9 Å².